The van der Waals surface area contributed by atoms with E-state index in [4.69, 9.17) is 0 Å². The first-order valence-electron chi connectivity index (χ1n) is 3.19. The van der Waals surface area contributed by atoms with Crippen LogP contribution in [0.3, 0.4) is 0 Å². The molecule has 0 saturated heterocycles. The summed E-state index contributed by atoms with van der Waals surface area (Å²) in [6.07, 6.45) is 0. The van der Waals surface area contributed by atoms with Crippen molar-refractivity contribution in [2.24, 2.45) is 0 Å². The number of hydrogen-bond donors (Lipinski definition) is 0. The Morgan fingerprint density at radius 3 is 2.33 bits per heavy atom. The van der Waals surface area contributed by atoms with E-state index in [-0.39, 0.29) is 29.2 Å². The van der Waals surface area contributed by atoms with E-state index in [9.17, 15) is 0 Å². The number of hydrogen-bond acceptors (Lipinski definition) is 0. The summed E-state index contributed by atoms with van der Waals surface area (Å²) in [7, 11) is 0. The molecule has 0 heterocycles. The SMILES string of the molecule is [CH3][Y][c]1ccccc1C. The van der Waals surface area contributed by atoms with Crippen LogP contribution in [0, 0.1) is 6.92 Å². The zero-order chi connectivity index (χ0) is 6.69. The Balaban J connectivity index is 3.01. The Morgan fingerprint density at radius 2 is 1.89 bits per heavy atom. The van der Waals surface area contributed by atoms with Crippen molar-refractivity contribution >= 4 is 2.37 Å². The molecule has 0 saturated carbocycles. The maximum atomic E-state index is 2.37. The predicted octanol–water partition coefficient (Wildman–Crippen LogP) is 1.75. The van der Waals surface area contributed by atoms with Crippen molar-refractivity contribution in [1.82, 2.24) is 0 Å². The fraction of sp³-hybridized carbons (Fsp3) is 0.250. The average molecular weight is 195 g/mol. The van der Waals surface area contributed by atoms with Gasteiger partial charge in [-0.25, -0.2) is 0 Å². The van der Waals surface area contributed by atoms with Gasteiger partial charge < -0.3 is 0 Å². The first kappa shape index (κ1) is 7.43. The van der Waals surface area contributed by atoms with Gasteiger partial charge in [0, 0.05) is 0 Å². The van der Waals surface area contributed by atoms with Crippen molar-refractivity contribution in [3.63, 3.8) is 0 Å². The van der Waals surface area contributed by atoms with Gasteiger partial charge in [0.2, 0.25) is 0 Å². The van der Waals surface area contributed by atoms with E-state index in [0.717, 1.165) is 0 Å². The van der Waals surface area contributed by atoms with Crippen LogP contribution in [0.2, 0.25) is 3.73 Å². The summed E-state index contributed by atoms with van der Waals surface area (Å²) in [5.74, 6) is 0. The van der Waals surface area contributed by atoms with Crippen LogP contribution < -0.4 is 2.37 Å². The molecule has 0 radical (unpaired) electrons. The second-order valence-corrected chi connectivity index (χ2v) is 5.09. The van der Waals surface area contributed by atoms with Gasteiger partial charge in [-0.15, -0.1) is 0 Å². The molecular formula is C8H10Y. The van der Waals surface area contributed by atoms with Gasteiger partial charge in [0.25, 0.3) is 0 Å². The monoisotopic (exact) mass is 195 g/mol. The van der Waals surface area contributed by atoms with Crippen molar-refractivity contribution in [3.8, 4) is 0 Å². The Hall–Kier alpha value is 0.324. The van der Waals surface area contributed by atoms with Gasteiger partial charge in [0.15, 0.2) is 0 Å². The topological polar surface area (TPSA) is 0 Å². The van der Waals surface area contributed by atoms with Crippen LogP contribution in [0.5, 0.6) is 0 Å². The second-order valence-electron chi connectivity index (χ2n) is 2.15. The van der Waals surface area contributed by atoms with Crippen LogP contribution in [0.4, 0.5) is 0 Å². The molecule has 1 rings (SSSR count). The summed E-state index contributed by atoms with van der Waals surface area (Å²) >= 11 is -0.336. The minimum atomic E-state index is -0.336. The Kier molecular flexibility index (Phi) is 2.87. The molecule has 0 atom stereocenters. The van der Waals surface area contributed by atoms with Crippen molar-refractivity contribution in [1.29, 1.82) is 0 Å². The van der Waals surface area contributed by atoms with Gasteiger partial charge in [-0.1, -0.05) is 0 Å². The molecule has 0 aliphatic rings. The quantitative estimate of drug-likeness (QED) is 0.640. The molecule has 1 aromatic carbocycles. The third-order valence-electron chi connectivity index (χ3n) is 1.50. The number of rotatable bonds is 1. The van der Waals surface area contributed by atoms with Gasteiger partial charge in [-0.05, 0) is 0 Å². The number of benzene rings is 1. The molecular weight excluding hydrogens is 185 g/mol. The zero-order valence-electron chi connectivity index (χ0n) is 5.89. The molecule has 0 aromatic heterocycles. The fourth-order valence-corrected chi connectivity index (χ4v) is 3.01. The molecule has 9 heavy (non-hydrogen) atoms. The molecule has 45 valence electrons. The van der Waals surface area contributed by atoms with Crippen molar-refractivity contribution < 1.29 is 29.2 Å². The molecule has 0 N–H and O–H groups in total. The standard InChI is InChI=1S/C7H7.CH3.Y/c1-7-5-3-2-4-6-7;;/h2-5H,1H3;1H3;. The average Bonchev–Trinajstić information content (AvgIpc) is 1.89. The minimum absolute atomic E-state index is 0.336. The maximum absolute atomic E-state index is 2.37. The van der Waals surface area contributed by atoms with E-state index in [0.29, 0.717) is 0 Å². The van der Waals surface area contributed by atoms with Crippen LogP contribution >= 0.6 is 0 Å². The summed E-state index contributed by atoms with van der Waals surface area (Å²) in [4.78, 5) is 0. The summed E-state index contributed by atoms with van der Waals surface area (Å²) in [5.41, 5.74) is 1.49. The third-order valence-corrected chi connectivity index (χ3v) is 4.62. The van der Waals surface area contributed by atoms with E-state index in [2.05, 4.69) is 34.9 Å². The van der Waals surface area contributed by atoms with E-state index >= 15 is 0 Å². The summed E-state index contributed by atoms with van der Waals surface area (Å²) in [6, 6.07) is 8.70. The molecule has 0 bridgehead atoms. The fourth-order valence-electron chi connectivity index (χ4n) is 0.911. The molecule has 0 spiro atoms. The van der Waals surface area contributed by atoms with Crippen LogP contribution in [0.15, 0.2) is 24.3 Å². The van der Waals surface area contributed by atoms with E-state index in [1.807, 2.05) is 0 Å². The third kappa shape index (κ3) is 1.88. The molecule has 0 unspecified atom stereocenters. The Labute approximate surface area is 71.7 Å². The van der Waals surface area contributed by atoms with Crippen LogP contribution in [0.1, 0.15) is 5.56 Å². The van der Waals surface area contributed by atoms with Gasteiger partial charge >= 0.3 is 72.1 Å². The first-order chi connectivity index (χ1) is 4.34. The first-order valence-corrected chi connectivity index (χ1v) is 7.45. The van der Waals surface area contributed by atoms with Crippen molar-refractivity contribution in [2.45, 2.75) is 10.7 Å². The van der Waals surface area contributed by atoms with E-state index < -0.39 is 0 Å². The molecule has 1 heteroatoms. The molecule has 0 aliphatic heterocycles. The van der Waals surface area contributed by atoms with Gasteiger partial charge in [0.1, 0.15) is 0 Å². The summed E-state index contributed by atoms with van der Waals surface area (Å²) in [6.45, 7) is 2.20. The van der Waals surface area contributed by atoms with Gasteiger partial charge in [-0.2, -0.15) is 0 Å². The van der Waals surface area contributed by atoms with E-state index in [1.165, 1.54) is 5.56 Å². The van der Waals surface area contributed by atoms with Crippen LogP contribution in [-0.4, -0.2) is 0 Å². The van der Waals surface area contributed by atoms with Gasteiger partial charge in [0.05, 0.1) is 0 Å². The summed E-state index contributed by atoms with van der Waals surface area (Å²) in [5, 5.41) is 0. The zero-order valence-corrected chi connectivity index (χ0v) is 8.73. The van der Waals surface area contributed by atoms with E-state index in [1.54, 1.807) is 2.37 Å². The van der Waals surface area contributed by atoms with Crippen molar-refractivity contribution in [2.75, 3.05) is 0 Å². The predicted molar refractivity (Wildman–Crippen MR) is 36.7 cm³/mol. The molecule has 1 aromatic rings. The normalized spacial score (nSPS) is 8.67. The molecule has 0 fully saturated rings. The van der Waals surface area contributed by atoms with Crippen LogP contribution in [-0.2, 0) is 29.2 Å². The molecule has 0 amide bonds. The van der Waals surface area contributed by atoms with Crippen molar-refractivity contribution in [3.05, 3.63) is 29.8 Å². The molecule has 0 nitrogen and oxygen atoms in total. The molecule has 0 aliphatic carbocycles. The number of aryl methyl sites for hydroxylation is 1. The summed E-state index contributed by atoms with van der Waals surface area (Å²) < 4.78 is 4.02. The Bertz CT molecular complexity index is 194. The Morgan fingerprint density at radius 1 is 1.22 bits per heavy atom. The second kappa shape index (κ2) is 3.48. The van der Waals surface area contributed by atoms with Gasteiger partial charge in [-0.3, -0.25) is 0 Å². The van der Waals surface area contributed by atoms with Crippen LogP contribution in [0.25, 0.3) is 0 Å².